The van der Waals surface area contributed by atoms with Crippen molar-refractivity contribution in [3.8, 4) is 0 Å². The van der Waals surface area contributed by atoms with Gasteiger partial charge in [-0.1, -0.05) is 25.3 Å². The first kappa shape index (κ1) is 11.6. The van der Waals surface area contributed by atoms with Gasteiger partial charge in [0.15, 0.2) is 0 Å². The topological polar surface area (TPSA) is 0 Å². The van der Waals surface area contributed by atoms with Crippen molar-refractivity contribution in [1.29, 1.82) is 0 Å². The van der Waals surface area contributed by atoms with Crippen LogP contribution in [0, 0.1) is 0 Å². The standard InChI is InChI=1S/C7H9.C4H6.Ir/c1-2-7-5-3-4-6-7;1-3-4-2;/h3,5H,2,4H2,1H3;3-4H,1-2H2;. The van der Waals surface area contributed by atoms with Crippen LogP contribution in [0.1, 0.15) is 19.8 Å². The van der Waals surface area contributed by atoms with Crippen LogP contribution in [0.3, 0.4) is 0 Å². The van der Waals surface area contributed by atoms with E-state index in [2.05, 4.69) is 51.1 Å². The fourth-order valence-electron chi connectivity index (χ4n) is 0.819. The zero-order valence-corrected chi connectivity index (χ0v) is 9.87. The summed E-state index contributed by atoms with van der Waals surface area (Å²) in [5.41, 5.74) is 1.53. The van der Waals surface area contributed by atoms with Crippen LogP contribution in [0.25, 0.3) is 0 Å². The minimum absolute atomic E-state index is 1.18. The summed E-state index contributed by atoms with van der Waals surface area (Å²) in [4.78, 5) is 0. The fourth-order valence-corrected chi connectivity index (χ4v) is 1.72. The average molecular weight is 339 g/mol. The van der Waals surface area contributed by atoms with Gasteiger partial charge in [0.1, 0.15) is 0 Å². The van der Waals surface area contributed by atoms with Gasteiger partial charge in [0, 0.05) is 0 Å². The summed E-state index contributed by atoms with van der Waals surface area (Å²) >= 11 is 2.21. The van der Waals surface area contributed by atoms with E-state index in [1.807, 2.05) is 0 Å². The van der Waals surface area contributed by atoms with Gasteiger partial charge in [0.05, 0.1) is 0 Å². The Morgan fingerprint density at radius 3 is 2.25 bits per heavy atom. The van der Waals surface area contributed by atoms with Crippen LogP contribution in [-0.2, 0) is 18.9 Å². The second kappa shape index (κ2) is 7.27. The Balaban J connectivity index is 0.000000261. The summed E-state index contributed by atoms with van der Waals surface area (Å²) in [7, 11) is 0. The van der Waals surface area contributed by atoms with E-state index in [9.17, 15) is 0 Å². The molecule has 0 aromatic rings. The molecule has 0 radical (unpaired) electrons. The summed E-state index contributed by atoms with van der Waals surface area (Å²) in [6.45, 7) is 8.93. The molecule has 0 saturated carbocycles. The molecular weight excluding hydrogens is 324 g/mol. The molecule has 1 rings (SSSR count). The van der Waals surface area contributed by atoms with Gasteiger partial charge in [0.2, 0.25) is 0 Å². The monoisotopic (exact) mass is 340 g/mol. The first-order valence-corrected chi connectivity index (χ1v) is 5.21. The van der Waals surface area contributed by atoms with Crippen molar-refractivity contribution in [2.45, 2.75) is 19.8 Å². The van der Waals surface area contributed by atoms with Crippen LogP contribution in [0.2, 0.25) is 0 Å². The average Bonchev–Trinajstić information content (AvgIpc) is 2.51. The molecular formula is C11H15Ir. The van der Waals surface area contributed by atoms with Crippen molar-refractivity contribution >= 4 is 0 Å². The SMILES string of the molecule is C=CC=C.CCC1=[C]([Ir])CC=C1. The Kier molecular flexibility index (Phi) is 7.03. The normalized spacial score (nSPS) is 13.9. The van der Waals surface area contributed by atoms with Crippen molar-refractivity contribution in [2.24, 2.45) is 0 Å². The molecule has 0 aliphatic heterocycles. The van der Waals surface area contributed by atoms with Gasteiger partial charge < -0.3 is 0 Å². The van der Waals surface area contributed by atoms with E-state index in [0.29, 0.717) is 0 Å². The molecule has 0 nitrogen and oxygen atoms in total. The molecule has 0 fully saturated rings. The van der Waals surface area contributed by atoms with Crippen molar-refractivity contribution in [3.63, 3.8) is 0 Å². The molecule has 12 heavy (non-hydrogen) atoms. The minimum atomic E-state index is 1.18. The molecule has 1 heteroatoms. The van der Waals surface area contributed by atoms with Crippen LogP contribution >= 0.6 is 0 Å². The molecule has 0 N–H and O–H groups in total. The second-order valence-electron chi connectivity index (χ2n) is 2.33. The summed E-state index contributed by atoms with van der Waals surface area (Å²) < 4.78 is 1.55. The third-order valence-corrected chi connectivity index (χ3v) is 2.75. The fraction of sp³-hybridized carbons (Fsp3) is 0.273. The van der Waals surface area contributed by atoms with E-state index in [1.165, 1.54) is 18.4 Å². The molecule has 1 aliphatic rings. The molecule has 0 amide bonds. The summed E-state index contributed by atoms with van der Waals surface area (Å²) in [6.07, 6.45) is 10.1. The molecule has 1 aliphatic carbocycles. The number of rotatable bonds is 2. The zero-order chi connectivity index (χ0) is 9.40. The third-order valence-electron chi connectivity index (χ3n) is 1.49. The Morgan fingerprint density at radius 2 is 2.08 bits per heavy atom. The van der Waals surface area contributed by atoms with Gasteiger partial charge in [-0.2, -0.15) is 0 Å². The summed E-state index contributed by atoms with van der Waals surface area (Å²) in [6, 6.07) is 0. The van der Waals surface area contributed by atoms with E-state index in [1.54, 1.807) is 16.2 Å². The van der Waals surface area contributed by atoms with Gasteiger partial charge in [-0.05, 0) is 0 Å². The van der Waals surface area contributed by atoms with Crippen LogP contribution < -0.4 is 0 Å². The van der Waals surface area contributed by atoms with E-state index < -0.39 is 0 Å². The van der Waals surface area contributed by atoms with Crippen LogP contribution in [0.4, 0.5) is 0 Å². The third kappa shape index (κ3) is 4.48. The van der Waals surface area contributed by atoms with Gasteiger partial charge in [0.25, 0.3) is 0 Å². The van der Waals surface area contributed by atoms with E-state index in [0.717, 1.165) is 0 Å². The second-order valence-corrected chi connectivity index (χ2v) is 3.78. The quantitative estimate of drug-likeness (QED) is 0.676. The van der Waals surface area contributed by atoms with Crippen molar-refractivity contribution in [2.75, 3.05) is 0 Å². The van der Waals surface area contributed by atoms with Crippen LogP contribution in [0.15, 0.2) is 47.1 Å². The Bertz CT molecular complexity index is 203. The van der Waals surface area contributed by atoms with Crippen LogP contribution in [0.5, 0.6) is 0 Å². The Morgan fingerprint density at radius 1 is 1.50 bits per heavy atom. The van der Waals surface area contributed by atoms with Gasteiger partial charge >= 0.3 is 60.5 Å². The predicted octanol–water partition coefficient (Wildman–Crippen LogP) is 3.52. The van der Waals surface area contributed by atoms with Gasteiger partial charge in [-0.3, -0.25) is 0 Å². The molecule has 0 saturated heterocycles. The molecule has 0 spiro atoms. The predicted molar refractivity (Wildman–Crippen MR) is 51.5 cm³/mol. The van der Waals surface area contributed by atoms with Gasteiger partial charge in [-0.25, -0.2) is 0 Å². The Labute approximate surface area is 85.9 Å². The first-order chi connectivity index (χ1) is 5.76. The molecule has 0 unspecified atom stereocenters. The van der Waals surface area contributed by atoms with E-state index in [-0.39, 0.29) is 0 Å². The van der Waals surface area contributed by atoms with E-state index in [4.69, 9.17) is 0 Å². The molecule has 0 atom stereocenters. The van der Waals surface area contributed by atoms with E-state index >= 15 is 0 Å². The number of hydrogen-bond donors (Lipinski definition) is 0. The molecule has 0 aromatic heterocycles. The molecule has 0 aromatic carbocycles. The van der Waals surface area contributed by atoms with Crippen molar-refractivity contribution < 1.29 is 18.9 Å². The van der Waals surface area contributed by atoms with Crippen molar-refractivity contribution in [3.05, 3.63) is 47.1 Å². The van der Waals surface area contributed by atoms with Gasteiger partial charge in [-0.15, -0.1) is 0 Å². The first-order valence-electron chi connectivity index (χ1n) is 4.01. The summed E-state index contributed by atoms with van der Waals surface area (Å²) in [5, 5.41) is 0. The molecule has 0 heterocycles. The Hall–Kier alpha value is -0.391. The number of allylic oxidation sites excluding steroid dienone is 6. The van der Waals surface area contributed by atoms with Crippen molar-refractivity contribution in [1.82, 2.24) is 0 Å². The maximum atomic E-state index is 3.36. The molecule has 0 bridgehead atoms. The number of hydrogen-bond acceptors (Lipinski definition) is 0. The van der Waals surface area contributed by atoms with Crippen LogP contribution in [-0.4, -0.2) is 0 Å². The molecule has 68 valence electrons. The maximum absolute atomic E-state index is 3.36. The summed E-state index contributed by atoms with van der Waals surface area (Å²) in [5.74, 6) is 0. The zero-order valence-electron chi connectivity index (χ0n) is 7.47.